The van der Waals surface area contributed by atoms with Gasteiger partial charge in [0.05, 0.1) is 0 Å². The van der Waals surface area contributed by atoms with Crippen LogP contribution < -0.4 is 5.32 Å². The molecule has 1 aliphatic rings. The van der Waals surface area contributed by atoms with Crippen LogP contribution in [0.1, 0.15) is 48.8 Å². The number of carboxylic acid groups (broad SMARTS) is 1. The molecule has 2 N–H and O–H groups in total. The van der Waals surface area contributed by atoms with E-state index in [1.165, 1.54) is 0 Å². The van der Waals surface area contributed by atoms with Crippen molar-refractivity contribution in [1.82, 2.24) is 15.1 Å². The van der Waals surface area contributed by atoms with Crippen LogP contribution in [0.2, 0.25) is 0 Å². The number of carboxylic acids is 1. The summed E-state index contributed by atoms with van der Waals surface area (Å²) in [7, 11) is 1.81. The second kappa shape index (κ2) is 5.03. The zero-order valence-corrected chi connectivity index (χ0v) is 11.4. The van der Waals surface area contributed by atoms with Crippen LogP contribution in [0.3, 0.4) is 0 Å². The van der Waals surface area contributed by atoms with E-state index in [0.29, 0.717) is 5.92 Å². The Kier molecular flexibility index (Phi) is 3.59. The molecule has 1 atom stereocenters. The third-order valence-electron chi connectivity index (χ3n) is 3.36. The van der Waals surface area contributed by atoms with E-state index in [0.717, 1.165) is 18.5 Å². The average molecular weight is 265 g/mol. The molecule has 1 saturated carbocycles. The fourth-order valence-electron chi connectivity index (χ4n) is 2.08. The number of hydrogen-bond donors (Lipinski definition) is 2. The Morgan fingerprint density at radius 2 is 2.11 bits per heavy atom. The Morgan fingerprint density at radius 1 is 1.47 bits per heavy atom. The molecule has 0 aliphatic heterocycles. The maximum atomic E-state index is 12.0. The lowest BCUT2D eigenvalue weighted by atomic mass is 10.0. The lowest BCUT2D eigenvalue weighted by molar-refractivity contribution is -0.140. The molecule has 1 fully saturated rings. The fraction of sp³-hybridized carbons (Fsp3) is 0.615. The minimum atomic E-state index is -1.03. The molecule has 0 saturated heterocycles. The zero-order chi connectivity index (χ0) is 14.2. The van der Waals surface area contributed by atoms with Crippen molar-refractivity contribution in [3.63, 3.8) is 0 Å². The summed E-state index contributed by atoms with van der Waals surface area (Å²) in [6, 6.07) is 0.866. The van der Waals surface area contributed by atoms with Crippen LogP contribution in [0.4, 0.5) is 0 Å². The number of amides is 1. The van der Waals surface area contributed by atoms with Crippen LogP contribution in [-0.2, 0) is 11.8 Å². The van der Waals surface area contributed by atoms with Gasteiger partial charge in [0.1, 0.15) is 11.7 Å². The van der Waals surface area contributed by atoms with E-state index in [4.69, 9.17) is 5.11 Å². The summed E-state index contributed by atoms with van der Waals surface area (Å²) in [4.78, 5) is 23.1. The smallest absolute Gasteiger partial charge is 0.326 e. The van der Waals surface area contributed by atoms with Crippen molar-refractivity contribution in [1.29, 1.82) is 0 Å². The van der Waals surface area contributed by atoms with Gasteiger partial charge in [-0.3, -0.25) is 9.48 Å². The normalized spacial score (nSPS) is 16.4. The summed E-state index contributed by atoms with van der Waals surface area (Å²) in [6.45, 7) is 3.51. The molecule has 2 rings (SSSR count). The molecule has 6 nitrogen and oxygen atoms in total. The van der Waals surface area contributed by atoms with Gasteiger partial charge >= 0.3 is 5.97 Å². The average Bonchev–Trinajstić information content (AvgIpc) is 3.08. The predicted octanol–water partition coefficient (Wildman–Crippen LogP) is 1.14. The van der Waals surface area contributed by atoms with E-state index < -0.39 is 17.9 Å². The van der Waals surface area contributed by atoms with Gasteiger partial charge in [-0.2, -0.15) is 5.10 Å². The quantitative estimate of drug-likeness (QED) is 0.836. The van der Waals surface area contributed by atoms with E-state index in [9.17, 15) is 9.59 Å². The van der Waals surface area contributed by atoms with Crippen molar-refractivity contribution in [3.05, 3.63) is 17.5 Å². The van der Waals surface area contributed by atoms with Crippen LogP contribution in [0.25, 0.3) is 0 Å². The molecule has 1 aromatic heterocycles. The number of nitrogens with zero attached hydrogens (tertiary/aromatic N) is 2. The van der Waals surface area contributed by atoms with E-state index in [1.54, 1.807) is 24.6 Å². The molecule has 19 heavy (non-hydrogen) atoms. The number of rotatable bonds is 5. The van der Waals surface area contributed by atoms with Crippen molar-refractivity contribution < 1.29 is 14.7 Å². The minimum Gasteiger partial charge on any atom is -0.480 e. The molecule has 0 spiro atoms. The highest BCUT2D eigenvalue weighted by Crippen LogP contribution is 2.39. The van der Waals surface area contributed by atoms with Gasteiger partial charge in [-0.25, -0.2) is 4.79 Å². The van der Waals surface area contributed by atoms with Crippen LogP contribution >= 0.6 is 0 Å². The van der Waals surface area contributed by atoms with Crippen molar-refractivity contribution in [2.45, 2.75) is 38.6 Å². The number of nitrogens with one attached hydrogen (secondary N) is 1. The van der Waals surface area contributed by atoms with Crippen molar-refractivity contribution in [2.75, 3.05) is 0 Å². The van der Waals surface area contributed by atoms with Gasteiger partial charge in [-0.1, -0.05) is 13.8 Å². The van der Waals surface area contributed by atoms with Crippen molar-refractivity contribution in [3.8, 4) is 0 Å². The molecule has 0 aromatic carbocycles. The topological polar surface area (TPSA) is 84.2 Å². The lowest BCUT2D eigenvalue weighted by Gasteiger charge is -2.16. The lowest BCUT2D eigenvalue weighted by Crippen LogP contribution is -2.44. The number of carbonyl (C=O) groups excluding carboxylic acids is 1. The van der Waals surface area contributed by atoms with Gasteiger partial charge in [0, 0.05) is 18.7 Å². The summed E-state index contributed by atoms with van der Waals surface area (Å²) in [5, 5.41) is 15.7. The zero-order valence-electron chi connectivity index (χ0n) is 11.4. The first-order valence-electron chi connectivity index (χ1n) is 6.47. The monoisotopic (exact) mass is 265 g/mol. The summed E-state index contributed by atoms with van der Waals surface area (Å²) in [6.07, 6.45) is 2.26. The highest BCUT2D eigenvalue weighted by Gasteiger charge is 2.29. The van der Waals surface area contributed by atoms with Gasteiger partial charge in [0.2, 0.25) is 0 Å². The second-order valence-corrected chi connectivity index (χ2v) is 5.39. The first-order chi connectivity index (χ1) is 8.90. The molecular formula is C13H19N3O3. The van der Waals surface area contributed by atoms with E-state index in [1.807, 2.05) is 7.05 Å². The van der Waals surface area contributed by atoms with Crippen molar-refractivity contribution in [2.24, 2.45) is 13.0 Å². The highest BCUT2D eigenvalue weighted by atomic mass is 16.4. The molecule has 6 heteroatoms. The van der Waals surface area contributed by atoms with E-state index >= 15 is 0 Å². The molecule has 1 amide bonds. The van der Waals surface area contributed by atoms with Gasteiger partial charge in [-0.15, -0.1) is 0 Å². The molecule has 1 heterocycles. The fourth-order valence-corrected chi connectivity index (χ4v) is 2.08. The van der Waals surface area contributed by atoms with Crippen molar-refractivity contribution >= 4 is 11.9 Å². The van der Waals surface area contributed by atoms with Gasteiger partial charge in [0.25, 0.3) is 5.91 Å². The van der Waals surface area contributed by atoms with Crippen LogP contribution in [0.15, 0.2) is 6.07 Å². The van der Waals surface area contributed by atoms with Gasteiger partial charge in [-0.05, 0) is 24.8 Å². The first-order valence-corrected chi connectivity index (χ1v) is 6.47. The Bertz CT molecular complexity index is 503. The molecule has 0 unspecified atom stereocenters. The molecule has 0 radical (unpaired) electrons. The summed E-state index contributed by atoms with van der Waals surface area (Å²) in [5.41, 5.74) is 1.33. The summed E-state index contributed by atoms with van der Waals surface area (Å²) in [5.74, 6) is -1.13. The number of aliphatic carboxylic acids is 1. The highest BCUT2D eigenvalue weighted by molar-refractivity contribution is 5.95. The van der Waals surface area contributed by atoms with Gasteiger partial charge < -0.3 is 10.4 Å². The SMILES string of the molecule is CC(C)[C@H](NC(=O)c1cc(C2CC2)n(C)n1)C(=O)O. The molecule has 0 bridgehead atoms. The Hall–Kier alpha value is -1.85. The Labute approximate surface area is 111 Å². The van der Waals surface area contributed by atoms with Crippen LogP contribution in [-0.4, -0.2) is 32.8 Å². The minimum absolute atomic E-state index is 0.173. The maximum Gasteiger partial charge on any atom is 0.326 e. The molecular weight excluding hydrogens is 246 g/mol. The predicted molar refractivity (Wildman–Crippen MR) is 68.9 cm³/mol. The Morgan fingerprint density at radius 3 is 2.58 bits per heavy atom. The summed E-state index contributed by atoms with van der Waals surface area (Å²) < 4.78 is 1.71. The Balaban J connectivity index is 2.10. The van der Waals surface area contributed by atoms with Crippen LogP contribution in [0.5, 0.6) is 0 Å². The maximum absolute atomic E-state index is 12.0. The first kappa shape index (κ1) is 13.6. The number of carbonyl (C=O) groups is 2. The number of aryl methyl sites for hydroxylation is 1. The van der Waals surface area contributed by atoms with Gasteiger partial charge in [0.15, 0.2) is 0 Å². The van der Waals surface area contributed by atoms with E-state index in [2.05, 4.69) is 10.4 Å². The van der Waals surface area contributed by atoms with E-state index in [-0.39, 0.29) is 11.6 Å². The molecule has 1 aliphatic carbocycles. The largest absolute Gasteiger partial charge is 0.480 e. The number of aromatic nitrogens is 2. The number of hydrogen-bond acceptors (Lipinski definition) is 3. The molecule has 1 aromatic rings. The van der Waals surface area contributed by atoms with Crippen LogP contribution in [0, 0.1) is 5.92 Å². The standard InChI is InChI=1S/C13H19N3O3/c1-7(2)11(13(18)19)14-12(17)9-6-10(8-4-5-8)16(3)15-9/h6-8,11H,4-5H2,1-3H3,(H,14,17)(H,18,19)/t11-/m0/s1. The third kappa shape index (κ3) is 2.94. The summed E-state index contributed by atoms with van der Waals surface area (Å²) >= 11 is 0. The molecule has 104 valence electrons. The third-order valence-corrected chi connectivity index (χ3v) is 3.36. The second-order valence-electron chi connectivity index (χ2n) is 5.39.